The number of piperidine rings is 1. The third-order valence-corrected chi connectivity index (χ3v) is 8.51. The molecule has 3 rings (SSSR count). The van der Waals surface area contributed by atoms with E-state index in [1.165, 1.54) is 11.0 Å². The molecule has 0 unspecified atom stereocenters. The van der Waals surface area contributed by atoms with Gasteiger partial charge >= 0.3 is 6.09 Å². The molecule has 1 amide bonds. The number of nitrogens with one attached hydrogen (secondary N) is 1. The molecule has 1 aliphatic rings. The zero-order chi connectivity index (χ0) is 24.9. The van der Waals surface area contributed by atoms with E-state index < -0.39 is 34.0 Å². The Morgan fingerprint density at radius 1 is 1.15 bits per heavy atom. The number of carboxylic acid groups (broad SMARTS) is 1. The van der Waals surface area contributed by atoms with Crippen LogP contribution in [0, 0.1) is 5.92 Å². The lowest BCUT2D eigenvalue weighted by Crippen LogP contribution is -2.54. The summed E-state index contributed by atoms with van der Waals surface area (Å²) < 4.78 is 38.9. The standard InChI is InChI=1S/C23H30N2O7S2/c1-4-31-18-7-5-16(6-8-18)19-9-10-20(33-19)34(29,30)24-21(22(26)27)17-11-13-25(14-12-17)23(28)32-15(2)3/h5-10,15,17,21,24H,4,11-14H2,1-3H3,(H,26,27)/p-1/t21-/m1/s1. The van der Waals surface area contributed by atoms with E-state index >= 15 is 0 Å². The van der Waals surface area contributed by atoms with Crippen molar-refractivity contribution in [1.29, 1.82) is 0 Å². The number of rotatable bonds is 9. The Labute approximate surface area is 203 Å². The second-order valence-corrected chi connectivity index (χ2v) is 11.3. The van der Waals surface area contributed by atoms with E-state index in [1.54, 1.807) is 32.0 Å². The fourth-order valence-corrected chi connectivity index (χ4v) is 6.34. The van der Waals surface area contributed by atoms with Crippen molar-refractivity contribution in [3.63, 3.8) is 0 Å². The number of aliphatic carboxylic acids is 1. The molecule has 0 radical (unpaired) electrons. The maximum absolute atomic E-state index is 13.0. The molecule has 1 aromatic heterocycles. The van der Waals surface area contributed by atoms with Crippen molar-refractivity contribution in [3.8, 4) is 16.2 Å². The van der Waals surface area contributed by atoms with Gasteiger partial charge in [-0.25, -0.2) is 17.9 Å². The first-order chi connectivity index (χ1) is 16.1. The number of carbonyl (C=O) groups excluding carboxylic acids is 2. The topological polar surface area (TPSA) is 125 Å². The summed E-state index contributed by atoms with van der Waals surface area (Å²) in [5, 5.41) is 11.8. The van der Waals surface area contributed by atoms with Gasteiger partial charge < -0.3 is 24.3 Å². The van der Waals surface area contributed by atoms with Crippen LogP contribution in [0.25, 0.3) is 10.4 Å². The summed E-state index contributed by atoms with van der Waals surface area (Å²) in [5.74, 6) is -1.28. The van der Waals surface area contributed by atoms with Crippen LogP contribution in [0.4, 0.5) is 4.79 Å². The van der Waals surface area contributed by atoms with Gasteiger partial charge in [-0.1, -0.05) is 0 Å². The predicted octanol–water partition coefficient (Wildman–Crippen LogP) is 2.47. The van der Waals surface area contributed by atoms with Crippen molar-refractivity contribution in [3.05, 3.63) is 36.4 Å². The molecule has 0 saturated carbocycles. The highest BCUT2D eigenvalue weighted by Crippen LogP contribution is 2.32. The van der Waals surface area contributed by atoms with E-state index in [2.05, 4.69) is 4.72 Å². The number of likely N-dealkylation sites (tertiary alicyclic amines) is 1. The van der Waals surface area contributed by atoms with Gasteiger partial charge in [-0.2, -0.15) is 0 Å². The Balaban J connectivity index is 1.68. The summed E-state index contributed by atoms with van der Waals surface area (Å²) >= 11 is 1.05. The molecular weight excluding hydrogens is 480 g/mol. The smallest absolute Gasteiger partial charge is 0.410 e. The van der Waals surface area contributed by atoms with Gasteiger partial charge in [0.2, 0.25) is 0 Å². The fraction of sp³-hybridized carbons (Fsp3) is 0.478. The van der Waals surface area contributed by atoms with Crippen LogP contribution < -0.4 is 14.6 Å². The third-order valence-electron chi connectivity index (χ3n) is 5.44. The first-order valence-corrected chi connectivity index (χ1v) is 13.4. The molecule has 1 saturated heterocycles. The number of carboxylic acids is 1. The molecule has 2 aromatic rings. The van der Waals surface area contributed by atoms with Crippen LogP contribution in [0.2, 0.25) is 0 Å². The van der Waals surface area contributed by atoms with Crippen LogP contribution >= 0.6 is 11.3 Å². The van der Waals surface area contributed by atoms with Crippen LogP contribution in [0.15, 0.2) is 40.6 Å². The van der Waals surface area contributed by atoms with Gasteiger partial charge in [0.1, 0.15) is 9.96 Å². The quantitative estimate of drug-likeness (QED) is 0.550. The highest BCUT2D eigenvalue weighted by Gasteiger charge is 2.33. The summed E-state index contributed by atoms with van der Waals surface area (Å²) in [6.45, 7) is 6.49. The van der Waals surface area contributed by atoms with Crippen molar-refractivity contribution in [2.24, 2.45) is 5.92 Å². The number of hydrogen-bond donors (Lipinski definition) is 1. The van der Waals surface area contributed by atoms with Crippen LogP contribution in [-0.4, -0.2) is 57.2 Å². The van der Waals surface area contributed by atoms with Crippen LogP contribution in [-0.2, 0) is 19.6 Å². The Hall–Kier alpha value is -2.63. The molecule has 1 N–H and O–H groups in total. The molecule has 11 heteroatoms. The summed E-state index contributed by atoms with van der Waals surface area (Å²) in [5.41, 5.74) is 0.826. The normalized spacial score (nSPS) is 15.8. The zero-order valence-electron chi connectivity index (χ0n) is 19.4. The molecule has 2 heterocycles. The number of thiophene rings is 1. The van der Waals surface area contributed by atoms with E-state index in [0.717, 1.165) is 27.5 Å². The molecule has 1 aliphatic heterocycles. The van der Waals surface area contributed by atoms with Crippen molar-refractivity contribution in [2.45, 2.75) is 50.0 Å². The number of amides is 1. The van der Waals surface area contributed by atoms with E-state index in [9.17, 15) is 23.1 Å². The summed E-state index contributed by atoms with van der Waals surface area (Å²) in [6.07, 6.45) is -0.0855. The van der Waals surface area contributed by atoms with Crippen LogP contribution in [0.1, 0.15) is 33.6 Å². The summed E-state index contributed by atoms with van der Waals surface area (Å²) in [6, 6.07) is 9.02. The van der Waals surface area contributed by atoms with E-state index in [-0.39, 0.29) is 23.4 Å². The van der Waals surface area contributed by atoms with Crippen molar-refractivity contribution in [1.82, 2.24) is 9.62 Å². The highest BCUT2D eigenvalue weighted by molar-refractivity contribution is 7.91. The molecule has 0 aliphatic carbocycles. The molecule has 186 valence electrons. The molecule has 9 nitrogen and oxygen atoms in total. The van der Waals surface area contributed by atoms with Crippen molar-refractivity contribution in [2.75, 3.05) is 19.7 Å². The molecule has 1 aromatic carbocycles. The average Bonchev–Trinajstić information content (AvgIpc) is 3.29. The highest BCUT2D eigenvalue weighted by atomic mass is 32.2. The van der Waals surface area contributed by atoms with Gasteiger partial charge in [0, 0.05) is 18.0 Å². The number of nitrogens with zero attached hydrogens (tertiary/aromatic N) is 1. The van der Waals surface area contributed by atoms with E-state index in [1.807, 2.05) is 19.1 Å². The number of ether oxygens (including phenoxy) is 2. The Kier molecular flexibility index (Phi) is 8.56. The van der Waals surface area contributed by atoms with Crippen LogP contribution in [0.3, 0.4) is 0 Å². The first-order valence-electron chi connectivity index (χ1n) is 11.1. The zero-order valence-corrected chi connectivity index (χ0v) is 21.0. The van der Waals surface area contributed by atoms with Gasteiger partial charge in [-0.3, -0.25) is 0 Å². The van der Waals surface area contributed by atoms with Gasteiger partial charge in [0.15, 0.2) is 0 Å². The first kappa shape index (κ1) is 26.0. The third kappa shape index (κ3) is 6.49. The molecule has 34 heavy (non-hydrogen) atoms. The van der Waals surface area contributed by atoms with Crippen molar-refractivity contribution < 1.29 is 32.6 Å². The predicted molar refractivity (Wildman–Crippen MR) is 126 cm³/mol. The Morgan fingerprint density at radius 2 is 1.79 bits per heavy atom. The minimum atomic E-state index is -4.09. The monoisotopic (exact) mass is 509 g/mol. The number of sulfonamides is 1. The SMILES string of the molecule is CCOc1ccc(-c2ccc(S(=O)(=O)N[C@@H](C(=O)[O-])C3CCN(C(=O)OC(C)C)CC3)s2)cc1. The summed E-state index contributed by atoms with van der Waals surface area (Å²) in [7, 11) is -4.09. The Bertz CT molecular complexity index is 1090. The lowest BCUT2D eigenvalue weighted by Gasteiger charge is -2.36. The van der Waals surface area contributed by atoms with Gasteiger partial charge in [0.05, 0.1) is 24.7 Å². The number of benzene rings is 1. The molecular formula is C23H29N2O7S2-. The second-order valence-electron chi connectivity index (χ2n) is 8.25. The number of carbonyl (C=O) groups is 2. The largest absolute Gasteiger partial charge is 0.548 e. The second kappa shape index (κ2) is 11.2. The Morgan fingerprint density at radius 3 is 2.35 bits per heavy atom. The molecule has 0 spiro atoms. The van der Waals surface area contributed by atoms with Gasteiger partial charge in [-0.15, -0.1) is 11.3 Å². The molecule has 1 fully saturated rings. The lowest BCUT2D eigenvalue weighted by atomic mass is 9.90. The van der Waals surface area contributed by atoms with Gasteiger partial charge in [-0.05, 0) is 81.5 Å². The number of hydrogen-bond acceptors (Lipinski definition) is 8. The molecule has 0 bridgehead atoms. The lowest BCUT2D eigenvalue weighted by molar-refractivity contribution is -0.309. The van der Waals surface area contributed by atoms with Crippen molar-refractivity contribution >= 4 is 33.4 Å². The van der Waals surface area contributed by atoms with Gasteiger partial charge in [0.25, 0.3) is 10.0 Å². The van der Waals surface area contributed by atoms with E-state index in [0.29, 0.717) is 19.4 Å². The maximum Gasteiger partial charge on any atom is 0.410 e. The van der Waals surface area contributed by atoms with E-state index in [4.69, 9.17) is 9.47 Å². The maximum atomic E-state index is 13.0. The fourth-order valence-electron chi connectivity index (χ4n) is 3.76. The average molecular weight is 510 g/mol. The minimum Gasteiger partial charge on any atom is -0.548 e. The minimum absolute atomic E-state index is 0.0144. The van der Waals surface area contributed by atoms with Crippen LogP contribution in [0.5, 0.6) is 5.75 Å². The molecule has 1 atom stereocenters. The summed E-state index contributed by atoms with van der Waals surface area (Å²) in [4.78, 5) is 26.1.